The Morgan fingerprint density at radius 2 is 1.46 bits per heavy atom. The van der Waals surface area contributed by atoms with E-state index in [0.717, 1.165) is 40.8 Å². The van der Waals surface area contributed by atoms with Crippen LogP contribution in [0.25, 0.3) is 11.1 Å². The molecule has 5 rings (SSSR count). The third kappa shape index (κ3) is 5.67. The molecule has 1 amide bonds. The van der Waals surface area contributed by atoms with Gasteiger partial charge in [0.25, 0.3) is 15.9 Å². The molecule has 1 N–H and O–H groups in total. The Balaban J connectivity index is 1.28. The third-order valence-corrected chi connectivity index (χ3v) is 8.15. The number of hydrogen-bond acceptors (Lipinski definition) is 4. The maximum absolute atomic E-state index is 12.6. The van der Waals surface area contributed by atoms with Gasteiger partial charge < -0.3 is 4.74 Å². The van der Waals surface area contributed by atoms with E-state index in [-0.39, 0.29) is 16.1 Å². The Kier molecular flexibility index (Phi) is 6.75. The first kappa shape index (κ1) is 25.3. The van der Waals surface area contributed by atoms with E-state index in [1.54, 1.807) is 24.3 Å². The molecule has 0 aliphatic carbocycles. The highest BCUT2D eigenvalue weighted by molar-refractivity contribution is 7.90. The molecule has 5 nitrogen and oxygen atoms in total. The fourth-order valence-electron chi connectivity index (χ4n) is 4.50. The van der Waals surface area contributed by atoms with Gasteiger partial charge in [-0.1, -0.05) is 53.5 Å². The minimum Gasteiger partial charge on any atom is -0.487 e. The molecule has 1 aliphatic heterocycles. The number of halogens is 2. The molecule has 8 heteroatoms. The number of amides is 1. The Labute approximate surface area is 226 Å². The maximum Gasteiger partial charge on any atom is 0.264 e. The lowest BCUT2D eigenvalue weighted by Gasteiger charge is -2.24. The molecule has 188 valence electrons. The first-order chi connectivity index (χ1) is 17.6. The number of rotatable bonds is 6. The molecular formula is C29H23Cl2NO4S. The second-order valence-corrected chi connectivity index (χ2v) is 11.9. The second kappa shape index (κ2) is 9.86. The largest absolute Gasteiger partial charge is 0.487 e. The van der Waals surface area contributed by atoms with Crippen LogP contribution in [0.3, 0.4) is 0 Å². The first-order valence-corrected chi connectivity index (χ1v) is 13.8. The van der Waals surface area contributed by atoms with Crippen LogP contribution in [0.4, 0.5) is 0 Å². The number of fused-ring (bicyclic) bond motifs is 1. The minimum atomic E-state index is -4.01. The second-order valence-electron chi connectivity index (χ2n) is 9.32. The van der Waals surface area contributed by atoms with E-state index in [1.165, 1.54) is 24.3 Å². The summed E-state index contributed by atoms with van der Waals surface area (Å²) in [6.45, 7) is 2.10. The molecule has 4 aromatic carbocycles. The number of ether oxygens (including phenoxy) is 1. The van der Waals surface area contributed by atoms with E-state index in [0.29, 0.717) is 10.0 Å². The zero-order valence-corrected chi connectivity index (χ0v) is 22.2. The van der Waals surface area contributed by atoms with Gasteiger partial charge in [-0.3, -0.25) is 4.79 Å². The number of carbonyl (C=O) groups excluding carboxylic acids is 1. The van der Waals surface area contributed by atoms with Crippen molar-refractivity contribution in [2.24, 2.45) is 0 Å². The summed E-state index contributed by atoms with van der Waals surface area (Å²) in [6, 6.07) is 26.3. The first-order valence-electron chi connectivity index (χ1n) is 11.6. The van der Waals surface area contributed by atoms with Gasteiger partial charge in [-0.05, 0) is 89.8 Å². The lowest BCUT2D eigenvalue weighted by molar-refractivity contribution is 0.0981. The monoisotopic (exact) mass is 551 g/mol. The molecule has 0 saturated heterocycles. The zero-order valence-electron chi connectivity index (χ0n) is 19.9. The highest BCUT2D eigenvalue weighted by Crippen LogP contribution is 2.39. The number of nitrogens with one attached hydrogen (secondary N) is 1. The summed E-state index contributed by atoms with van der Waals surface area (Å²) in [5.74, 6) is 0.158. The van der Waals surface area contributed by atoms with Crippen molar-refractivity contribution < 1.29 is 17.9 Å². The zero-order chi connectivity index (χ0) is 26.2. The van der Waals surface area contributed by atoms with E-state index in [1.807, 2.05) is 36.4 Å². The Morgan fingerprint density at radius 3 is 2.11 bits per heavy atom. The van der Waals surface area contributed by atoms with Gasteiger partial charge in [0.2, 0.25) is 0 Å². The van der Waals surface area contributed by atoms with Gasteiger partial charge in [0, 0.05) is 28.5 Å². The van der Waals surface area contributed by atoms with Crippen molar-refractivity contribution >= 4 is 39.1 Å². The molecule has 0 radical (unpaired) electrons. The molecule has 1 atom stereocenters. The van der Waals surface area contributed by atoms with Crippen molar-refractivity contribution in [2.75, 3.05) is 0 Å². The lowest BCUT2D eigenvalue weighted by atomic mass is 9.91. The average molecular weight is 552 g/mol. The Bertz CT molecular complexity index is 1570. The highest BCUT2D eigenvalue weighted by atomic mass is 35.5. The molecule has 37 heavy (non-hydrogen) atoms. The van der Waals surface area contributed by atoms with Gasteiger partial charge >= 0.3 is 0 Å². The summed E-state index contributed by atoms with van der Waals surface area (Å²) in [5.41, 5.74) is 4.05. The van der Waals surface area contributed by atoms with Gasteiger partial charge in [-0.2, -0.15) is 0 Å². The molecule has 4 aromatic rings. The summed E-state index contributed by atoms with van der Waals surface area (Å²) < 4.78 is 33.4. The molecular weight excluding hydrogens is 529 g/mol. The molecule has 0 saturated carbocycles. The molecule has 0 spiro atoms. The molecule has 0 aromatic heterocycles. The predicted octanol–water partition coefficient (Wildman–Crippen LogP) is 6.72. The fraction of sp³-hybridized carbons (Fsp3) is 0.138. The Hall–Kier alpha value is -3.32. The standard InChI is InChI=1S/C29H23Cl2NO4S/c1-29(17-19-2-9-24(30)10-3-19)18-23-16-22(8-15-27(23)36-29)20-4-6-21(7-5-20)28(33)32-37(34,35)26-13-11-25(31)12-14-26/h2-16H,17-18H2,1H3,(H,32,33)/t29-/m1/s1. The minimum absolute atomic E-state index is 0.0368. The van der Waals surface area contributed by atoms with Crippen LogP contribution in [0.15, 0.2) is 95.9 Å². The van der Waals surface area contributed by atoms with Crippen LogP contribution in [0.5, 0.6) is 5.75 Å². The molecule has 1 aliphatic rings. The van der Waals surface area contributed by atoms with Crippen molar-refractivity contribution in [1.29, 1.82) is 0 Å². The summed E-state index contributed by atoms with van der Waals surface area (Å²) in [4.78, 5) is 12.6. The summed E-state index contributed by atoms with van der Waals surface area (Å²) >= 11 is 11.8. The smallest absolute Gasteiger partial charge is 0.264 e. The summed E-state index contributed by atoms with van der Waals surface area (Å²) in [6.07, 6.45) is 1.53. The topological polar surface area (TPSA) is 72.5 Å². The normalized spacial score (nSPS) is 16.6. The summed E-state index contributed by atoms with van der Waals surface area (Å²) in [7, 11) is -4.01. The van der Waals surface area contributed by atoms with Gasteiger partial charge in [0.05, 0.1) is 4.90 Å². The molecule has 0 unspecified atom stereocenters. The van der Waals surface area contributed by atoms with Gasteiger partial charge in [-0.15, -0.1) is 0 Å². The lowest BCUT2D eigenvalue weighted by Crippen LogP contribution is -2.32. The number of sulfonamides is 1. The van der Waals surface area contributed by atoms with Crippen molar-refractivity contribution in [1.82, 2.24) is 4.72 Å². The number of hydrogen-bond donors (Lipinski definition) is 1. The maximum atomic E-state index is 12.6. The van der Waals surface area contributed by atoms with Crippen LogP contribution in [-0.4, -0.2) is 19.9 Å². The van der Waals surface area contributed by atoms with E-state index in [2.05, 4.69) is 17.7 Å². The van der Waals surface area contributed by atoms with Gasteiger partial charge in [0.15, 0.2) is 0 Å². The van der Waals surface area contributed by atoms with Crippen LogP contribution in [-0.2, 0) is 22.9 Å². The van der Waals surface area contributed by atoms with Gasteiger partial charge in [0.1, 0.15) is 11.4 Å². The molecule has 0 fully saturated rings. The van der Waals surface area contributed by atoms with E-state index in [4.69, 9.17) is 27.9 Å². The third-order valence-electron chi connectivity index (χ3n) is 6.30. The number of carbonyl (C=O) groups is 1. The average Bonchev–Trinajstić information content (AvgIpc) is 3.20. The van der Waals surface area contributed by atoms with Crippen molar-refractivity contribution in [3.8, 4) is 16.9 Å². The molecule has 1 heterocycles. The van der Waals surface area contributed by atoms with Crippen LogP contribution in [0, 0.1) is 0 Å². The van der Waals surface area contributed by atoms with Crippen molar-refractivity contribution in [2.45, 2.75) is 30.3 Å². The van der Waals surface area contributed by atoms with Crippen LogP contribution < -0.4 is 9.46 Å². The SMILES string of the molecule is C[C@@]1(Cc2ccc(Cl)cc2)Cc2cc(-c3ccc(C(=O)NS(=O)(=O)c4ccc(Cl)cc4)cc3)ccc2O1. The number of benzene rings is 4. The quantitative estimate of drug-likeness (QED) is 0.289. The van der Waals surface area contributed by atoms with Crippen molar-refractivity contribution in [3.05, 3.63) is 118 Å². The van der Waals surface area contributed by atoms with Crippen LogP contribution >= 0.6 is 23.2 Å². The fourth-order valence-corrected chi connectivity index (χ4v) is 5.73. The Morgan fingerprint density at radius 1 is 0.865 bits per heavy atom. The van der Waals surface area contributed by atoms with E-state index < -0.39 is 15.9 Å². The van der Waals surface area contributed by atoms with Crippen LogP contribution in [0.2, 0.25) is 10.0 Å². The highest BCUT2D eigenvalue weighted by Gasteiger charge is 2.35. The van der Waals surface area contributed by atoms with E-state index in [9.17, 15) is 13.2 Å². The summed E-state index contributed by atoms with van der Waals surface area (Å²) in [5, 5.41) is 1.12. The van der Waals surface area contributed by atoms with Gasteiger partial charge in [-0.25, -0.2) is 13.1 Å². The predicted molar refractivity (Wildman–Crippen MR) is 146 cm³/mol. The van der Waals surface area contributed by atoms with E-state index >= 15 is 0 Å². The van der Waals surface area contributed by atoms with Crippen LogP contribution in [0.1, 0.15) is 28.4 Å². The van der Waals surface area contributed by atoms with Crippen molar-refractivity contribution in [3.63, 3.8) is 0 Å². The molecule has 0 bridgehead atoms.